The van der Waals surface area contributed by atoms with E-state index in [1.165, 1.54) is 18.0 Å². The molecular formula is C12H12N2O3S. The number of aliphatic hydroxyl groups excluding tert-OH is 1. The number of nitrogens with zero attached hydrogens (tertiary/aromatic N) is 2. The van der Waals surface area contributed by atoms with Crippen molar-refractivity contribution in [1.29, 1.82) is 0 Å². The van der Waals surface area contributed by atoms with E-state index in [4.69, 9.17) is 5.11 Å². The SMILES string of the molecule is O=[N+]([O-])c1cnc2ccccc2c1SCCCO. The van der Waals surface area contributed by atoms with Gasteiger partial charge in [0.15, 0.2) is 0 Å². The van der Waals surface area contributed by atoms with Crippen LogP contribution in [0.1, 0.15) is 6.42 Å². The van der Waals surface area contributed by atoms with Gasteiger partial charge in [-0.3, -0.25) is 10.1 Å². The zero-order chi connectivity index (χ0) is 13.0. The maximum atomic E-state index is 11.0. The lowest BCUT2D eigenvalue weighted by atomic mass is 10.2. The van der Waals surface area contributed by atoms with Crippen LogP contribution in [0.3, 0.4) is 0 Å². The number of rotatable bonds is 5. The van der Waals surface area contributed by atoms with Crippen LogP contribution in [0.4, 0.5) is 5.69 Å². The molecule has 5 nitrogen and oxygen atoms in total. The summed E-state index contributed by atoms with van der Waals surface area (Å²) in [7, 11) is 0. The van der Waals surface area contributed by atoms with Crippen molar-refractivity contribution in [3.05, 3.63) is 40.6 Å². The number of thioether (sulfide) groups is 1. The molecule has 6 heteroatoms. The summed E-state index contributed by atoms with van der Waals surface area (Å²) >= 11 is 1.39. The van der Waals surface area contributed by atoms with Crippen molar-refractivity contribution in [2.45, 2.75) is 11.3 Å². The molecule has 0 saturated carbocycles. The van der Waals surface area contributed by atoms with Gasteiger partial charge in [0, 0.05) is 17.7 Å². The molecule has 0 saturated heterocycles. The number of nitro groups is 1. The van der Waals surface area contributed by atoms with E-state index in [2.05, 4.69) is 4.98 Å². The van der Waals surface area contributed by atoms with Gasteiger partial charge in [-0.1, -0.05) is 18.2 Å². The van der Waals surface area contributed by atoms with Gasteiger partial charge in [-0.05, 0) is 12.5 Å². The molecule has 0 fully saturated rings. The van der Waals surface area contributed by atoms with Gasteiger partial charge in [-0.15, -0.1) is 11.8 Å². The second kappa shape index (κ2) is 5.79. The van der Waals surface area contributed by atoms with Crippen LogP contribution in [0.5, 0.6) is 0 Å². The molecule has 0 bridgehead atoms. The van der Waals surface area contributed by atoms with Gasteiger partial charge in [0.25, 0.3) is 0 Å². The van der Waals surface area contributed by atoms with Crippen molar-refractivity contribution < 1.29 is 10.0 Å². The fraction of sp³-hybridized carbons (Fsp3) is 0.250. The fourth-order valence-electron chi connectivity index (χ4n) is 1.63. The minimum absolute atomic E-state index is 0.0247. The van der Waals surface area contributed by atoms with Gasteiger partial charge in [-0.2, -0.15) is 0 Å². The normalized spacial score (nSPS) is 10.7. The Morgan fingerprint density at radius 3 is 2.89 bits per heavy atom. The molecule has 0 radical (unpaired) electrons. The highest BCUT2D eigenvalue weighted by atomic mass is 32.2. The molecule has 94 valence electrons. The molecule has 0 amide bonds. The Balaban J connectivity index is 2.48. The third-order valence-corrected chi connectivity index (χ3v) is 3.66. The van der Waals surface area contributed by atoms with Crippen molar-refractivity contribution >= 4 is 28.4 Å². The molecule has 1 aromatic heterocycles. The maximum Gasteiger partial charge on any atom is 0.301 e. The first-order chi connectivity index (χ1) is 8.74. The van der Waals surface area contributed by atoms with E-state index < -0.39 is 4.92 Å². The topological polar surface area (TPSA) is 76.3 Å². The summed E-state index contributed by atoms with van der Waals surface area (Å²) in [4.78, 5) is 15.3. The predicted molar refractivity (Wildman–Crippen MR) is 70.8 cm³/mol. The lowest BCUT2D eigenvalue weighted by Gasteiger charge is -2.06. The molecule has 1 aromatic carbocycles. The largest absolute Gasteiger partial charge is 0.396 e. The Labute approximate surface area is 108 Å². The molecule has 0 unspecified atom stereocenters. The van der Waals surface area contributed by atoms with E-state index in [0.29, 0.717) is 17.1 Å². The summed E-state index contributed by atoms with van der Waals surface area (Å²) in [6.07, 6.45) is 1.90. The minimum atomic E-state index is -0.416. The van der Waals surface area contributed by atoms with Gasteiger partial charge in [-0.25, -0.2) is 4.98 Å². The maximum absolute atomic E-state index is 11.0. The molecular weight excluding hydrogens is 252 g/mol. The molecule has 0 aliphatic carbocycles. The van der Waals surface area contributed by atoms with Gasteiger partial charge in [0.05, 0.1) is 15.3 Å². The first kappa shape index (κ1) is 12.8. The van der Waals surface area contributed by atoms with Crippen molar-refractivity contribution in [3.8, 4) is 0 Å². The molecule has 18 heavy (non-hydrogen) atoms. The summed E-state index contributed by atoms with van der Waals surface area (Å²) in [5.74, 6) is 0.644. The molecule has 0 spiro atoms. The second-order valence-electron chi connectivity index (χ2n) is 3.67. The van der Waals surface area contributed by atoms with Crippen LogP contribution in [-0.2, 0) is 0 Å². The van der Waals surface area contributed by atoms with Gasteiger partial charge >= 0.3 is 5.69 Å². The van der Waals surface area contributed by atoms with Crippen LogP contribution in [0, 0.1) is 10.1 Å². The van der Waals surface area contributed by atoms with E-state index in [1.807, 2.05) is 24.3 Å². The first-order valence-electron chi connectivity index (χ1n) is 5.50. The molecule has 0 aliphatic rings. The number of pyridine rings is 1. The molecule has 1 heterocycles. The second-order valence-corrected chi connectivity index (χ2v) is 4.78. The van der Waals surface area contributed by atoms with Gasteiger partial charge in [0.2, 0.25) is 0 Å². The van der Waals surface area contributed by atoms with Crippen molar-refractivity contribution in [2.24, 2.45) is 0 Å². The van der Waals surface area contributed by atoms with E-state index >= 15 is 0 Å². The number of aliphatic hydroxyl groups is 1. The highest BCUT2D eigenvalue weighted by Crippen LogP contribution is 2.35. The zero-order valence-corrected chi connectivity index (χ0v) is 10.4. The average Bonchev–Trinajstić information content (AvgIpc) is 2.38. The Morgan fingerprint density at radius 1 is 1.39 bits per heavy atom. The summed E-state index contributed by atoms with van der Waals surface area (Å²) < 4.78 is 0. The van der Waals surface area contributed by atoms with Gasteiger partial charge in [0.1, 0.15) is 6.20 Å². The van der Waals surface area contributed by atoms with Crippen molar-refractivity contribution in [3.63, 3.8) is 0 Å². The monoisotopic (exact) mass is 264 g/mol. The molecule has 0 aliphatic heterocycles. The predicted octanol–water partition coefficient (Wildman–Crippen LogP) is 2.62. The first-order valence-corrected chi connectivity index (χ1v) is 6.48. The smallest absolute Gasteiger partial charge is 0.301 e. The highest BCUT2D eigenvalue weighted by molar-refractivity contribution is 7.99. The Hall–Kier alpha value is -1.66. The zero-order valence-electron chi connectivity index (χ0n) is 9.57. The van der Waals surface area contributed by atoms with Crippen LogP contribution in [0.25, 0.3) is 10.9 Å². The average molecular weight is 264 g/mol. The number of aromatic nitrogens is 1. The van der Waals surface area contributed by atoms with Crippen LogP contribution in [-0.4, -0.2) is 27.4 Å². The number of para-hydroxylation sites is 1. The Morgan fingerprint density at radius 2 is 2.17 bits per heavy atom. The number of benzene rings is 1. The lowest BCUT2D eigenvalue weighted by molar-refractivity contribution is -0.387. The van der Waals surface area contributed by atoms with E-state index in [-0.39, 0.29) is 12.3 Å². The quantitative estimate of drug-likeness (QED) is 0.389. The summed E-state index contributed by atoms with van der Waals surface area (Å²) in [6, 6.07) is 7.35. The number of hydrogen-bond donors (Lipinski definition) is 1. The Kier molecular flexibility index (Phi) is 4.11. The van der Waals surface area contributed by atoms with Crippen LogP contribution >= 0.6 is 11.8 Å². The number of fused-ring (bicyclic) bond motifs is 1. The summed E-state index contributed by atoms with van der Waals surface area (Å²) in [5, 5.41) is 20.6. The van der Waals surface area contributed by atoms with Gasteiger partial charge < -0.3 is 5.11 Å². The molecule has 1 N–H and O–H groups in total. The van der Waals surface area contributed by atoms with Crippen LogP contribution in [0.15, 0.2) is 35.4 Å². The third-order valence-electron chi connectivity index (χ3n) is 2.45. The summed E-state index contributed by atoms with van der Waals surface area (Å²) in [5.41, 5.74) is 0.770. The standard InChI is InChI=1S/C12H12N2O3S/c15-6-3-7-18-12-9-4-1-2-5-10(9)13-8-11(12)14(16)17/h1-2,4-5,8,15H,3,6-7H2. The third kappa shape index (κ3) is 2.60. The van der Waals surface area contributed by atoms with Crippen molar-refractivity contribution in [1.82, 2.24) is 4.98 Å². The van der Waals surface area contributed by atoms with Crippen LogP contribution < -0.4 is 0 Å². The Bertz CT molecular complexity index is 574. The van der Waals surface area contributed by atoms with Crippen molar-refractivity contribution in [2.75, 3.05) is 12.4 Å². The highest BCUT2D eigenvalue weighted by Gasteiger charge is 2.17. The lowest BCUT2D eigenvalue weighted by Crippen LogP contribution is -1.95. The molecule has 2 rings (SSSR count). The fourth-order valence-corrected chi connectivity index (χ4v) is 2.71. The van der Waals surface area contributed by atoms with E-state index in [9.17, 15) is 10.1 Å². The molecule has 0 atom stereocenters. The summed E-state index contributed by atoms with van der Waals surface area (Å²) in [6.45, 7) is 0.0871. The number of hydrogen-bond acceptors (Lipinski definition) is 5. The van der Waals surface area contributed by atoms with Crippen LogP contribution in [0.2, 0.25) is 0 Å². The van der Waals surface area contributed by atoms with E-state index in [0.717, 1.165) is 10.9 Å². The minimum Gasteiger partial charge on any atom is -0.396 e. The van der Waals surface area contributed by atoms with E-state index in [1.54, 1.807) is 0 Å². The molecule has 2 aromatic rings.